The predicted octanol–water partition coefficient (Wildman–Crippen LogP) is 1.68. The van der Waals surface area contributed by atoms with Crippen LogP contribution in [0.3, 0.4) is 0 Å². The van der Waals surface area contributed by atoms with Gasteiger partial charge in [-0.3, -0.25) is 4.98 Å². The zero-order valence-electron chi connectivity index (χ0n) is 9.08. The van der Waals surface area contributed by atoms with E-state index in [9.17, 15) is 0 Å². The van der Waals surface area contributed by atoms with Crippen LogP contribution in [0.15, 0.2) is 12.1 Å². The first-order valence-corrected chi connectivity index (χ1v) is 5.00. The highest BCUT2D eigenvalue weighted by Crippen LogP contribution is 2.18. The van der Waals surface area contributed by atoms with Crippen molar-refractivity contribution in [2.45, 2.75) is 33.3 Å². The first-order chi connectivity index (χ1) is 6.67. The quantitative estimate of drug-likeness (QED) is 0.793. The van der Waals surface area contributed by atoms with E-state index in [1.807, 2.05) is 26.0 Å². The molecule has 0 aliphatic heterocycles. The zero-order valence-corrected chi connectivity index (χ0v) is 9.08. The number of hydrogen-bond donors (Lipinski definition) is 1. The molecule has 14 heavy (non-hydrogen) atoms. The third kappa shape index (κ3) is 2.70. The van der Waals surface area contributed by atoms with E-state index in [1.54, 1.807) is 0 Å². The minimum atomic E-state index is 0.0461. The van der Waals surface area contributed by atoms with Crippen LogP contribution in [-0.4, -0.2) is 17.6 Å². The van der Waals surface area contributed by atoms with Gasteiger partial charge in [-0.05, 0) is 32.4 Å². The van der Waals surface area contributed by atoms with Gasteiger partial charge in [-0.2, -0.15) is 0 Å². The van der Waals surface area contributed by atoms with Crippen LogP contribution >= 0.6 is 0 Å². The van der Waals surface area contributed by atoms with Crippen LogP contribution in [0.25, 0.3) is 0 Å². The van der Waals surface area contributed by atoms with Crippen molar-refractivity contribution in [2.75, 3.05) is 6.54 Å². The van der Waals surface area contributed by atoms with Crippen molar-refractivity contribution in [3.63, 3.8) is 0 Å². The van der Waals surface area contributed by atoms with Crippen LogP contribution < -0.4 is 10.5 Å². The molecule has 0 aliphatic carbocycles. The van der Waals surface area contributed by atoms with E-state index >= 15 is 0 Å². The van der Waals surface area contributed by atoms with Gasteiger partial charge in [0.1, 0.15) is 11.9 Å². The second-order valence-corrected chi connectivity index (χ2v) is 3.42. The fourth-order valence-corrected chi connectivity index (χ4v) is 1.22. The number of hydrogen-bond acceptors (Lipinski definition) is 3. The molecular formula is C11H18N2O. The van der Waals surface area contributed by atoms with Crippen molar-refractivity contribution < 1.29 is 4.74 Å². The molecule has 78 valence electrons. The Kier molecular flexibility index (Phi) is 3.89. The summed E-state index contributed by atoms with van der Waals surface area (Å²) in [5.41, 5.74) is 7.52. The smallest absolute Gasteiger partial charge is 0.141 e. The van der Waals surface area contributed by atoms with Gasteiger partial charge in [0, 0.05) is 12.2 Å². The van der Waals surface area contributed by atoms with Gasteiger partial charge in [0.05, 0.1) is 5.69 Å². The van der Waals surface area contributed by atoms with Gasteiger partial charge in [0.25, 0.3) is 0 Å². The summed E-state index contributed by atoms with van der Waals surface area (Å²) in [4.78, 5) is 4.41. The molecule has 0 fully saturated rings. The van der Waals surface area contributed by atoms with E-state index < -0.39 is 0 Å². The average molecular weight is 194 g/mol. The molecule has 0 aromatic carbocycles. The van der Waals surface area contributed by atoms with Crippen molar-refractivity contribution in [2.24, 2.45) is 5.73 Å². The molecule has 0 bridgehead atoms. The lowest BCUT2D eigenvalue weighted by Crippen LogP contribution is -2.23. The summed E-state index contributed by atoms with van der Waals surface area (Å²) in [5, 5.41) is 0. The van der Waals surface area contributed by atoms with Crippen molar-refractivity contribution >= 4 is 0 Å². The second-order valence-electron chi connectivity index (χ2n) is 3.42. The van der Waals surface area contributed by atoms with Crippen LogP contribution in [0.1, 0.15) is 25.2 Å². The van der Waals surface area contributed by atoms with Gasteiger partial charge in [-0.1, -0.05) is 6.92 Å². The molecule has 1 rings (SSSR count). The molecule has 1 unspecified atom stereocenters. The molecule has 0 saturated heterocycles. The van der Waals surface area contributed by atoms with Gasteiger partial charge in [0.2, 0.25) is 0 Å². The average Bonchev–Trinajstić information content (AvgIpc) is 2.20. The lowest BCUT2D eigenvalue weighted by Gasteiger charge is -2.15. The highest BCUT2D eigenvalue weighted by molar-refractivity contribution is 5.29. The molecule has 0 radical (unpaired) electrons. The summed E-state index contributed by atoms with van der Waals surface area (Å²) < 4.78 is 5.65. The maximum absolute atomic E-state index is 5.65. The monoisotopic (exact) mass is 194 g/mol. The normalized spacial score (nSPS) is 12.6. The standard InChI is InChI=1S/C11H18N2O/c1-4-10-11(14-9(3)7-12)6-5-8(2)13-10/h5-6,9H,4,7,12H2,1-3H3. The van der Waals surface area contributed by atoms with Crippen molar-refractivity contribution in [1.82, 2.24) is 4.98 Å². The largest absolute Gasteiger partial charge is 0.487 e. The maximum atomic E-state index is 5.65. The Morgan fingerprint density at radius 3 is 2.79 bits per heavy atom. The van der Waals surface area contributed by atoms with Crippen LogP contribution in [0.4, 0.5) is 0 Å². The van der Waals surface area contributed by atoms with Gasteiger partial charge in [-0.15, -0.1) is 0 Å². The molecule has 0 spiro atoms. The minimum Gasteiger partial charge on any atom is -0.487 e. The Labute approximate surface area is 85.3 Å². The Morgan fingerprint density at radius 2 is 2.21 bits per heavy atom. The van der Waals surface area contributed by atoms with Gasteiger partial charge in [-0.25, -0.2) is 0 Å². The zero-order chi connectivity index (χ0) is 10.6. The molecule has 1 aromatic rings. The first kappa shape index (κ1) is 11.0. The van der Waals surface area contributed by atoms with Crippen molar-refractivity contribution in [3.05, 3.63) is 23.5 Å². The highest BCUT2D eigenvalue weighted by Gasteiger charge is 2.07. The third-order valence-electron chi connectivity index (χ3n) is 2.07. The topological polar surface area (TPSA) is 48.1 Å². The number of aromatic nitrogens is 1. The summed E-state index contributed by atoms with van der Waals surface area (Å²) in [7, 11) is 0. The van der Waals surface area contributed by atoms with Crippen LogP contribution in [0, 0.1) is 6.92 Å². The SMILES string of the molecule is CCc1nc(C)ccc1OC(C)CN. The van der Waals surface area contributed by atoms with E-state index in [-0.39, 0.29) is 6.10 Å². The lowest BCUT2D eigenvalue weighted by atomic mass is 10.2. The molecule has 0 amide bonds. The highest BCUT2D eigenvalue weighted by atomic mass is 16.5. The molecule has 1 heterocycles. The van der Waals surface area contributed by atoms with E-state index in [0.29, 0.717) is 6.54 Å². The number of pyridine rings is 1. The van der Waals surface area contributed by atoms with E-state index in [1.165, 1.54) is 0 Å². The summed E-state index contributed by atoms with van der Waals surface area (Å²) in [6.07, 6.45) is 0.929. The van der Waals surface area contributed by atoms with Crippen LogP contribution in [0.5, 0.6) is 5.75 Å². The molecule has 1 aromatic heterocycles. The molecule has 0 aliphatic rings. The van der Waals surface area contributed by atoms with Crippen LogP contribution in [-0.2, 0) is 6.42 Å². The summed E-state index contributed by atoms with van der Waals surface area (Å²) in [6.45, 7) is 6.54. The Morgan fingerprint density at radius 1 is 1.50 bits per heavy atom. The molecule has 2 N–H and O–H groups in total. The molecule has 3 nitrogen and oxygen atoms in total. The van der Waals surface area contributed by atoms with E-state index in [0.717, 1.165) is 23.6 Å². The van der Waals surface area contributed by atoms with Crippen molar-refractivity contribution in [3.8, 4) is 5.75 Å². The first-order valence-electron chi connectivity index (χ1n) is 5.00. The lowest BCUT2D eigenvalue weighted by molar-refractivity contribution is 0.226. The summed E-state index contributed by atoms with van der Waals surface area (Å²) >= 11 is 0. The fraction of sp³-hybridized carbons (Fsp3) is 0.545. The molecular weight excluding hydrogens is 176 g/mol. The fourth-order valence-electron chi connectivity index (χ4n) is 1.22. The Balaban J connectivity index is 2.85. The van der Waals surface area contributed by atoms with Crippen LogP contribution in [0.2, 0.25) is 0 Å². The predicted molar refractivity (Wildman–Crippen MR) is 57.5 cm³/mol. The van der Waals surface area contributed by atoms with E-state index in [2.05, 4.69) is 11.9 Å². The van der Waals surface area contributed by atoms with Gasteiger partial charge < -0.3 is 10.5 Å². The minimum absolute atomic E-state index is 0.0461. The molecule has 0 saturated carbocycles. The number of rotatable bonds is 4. The van der Waals surface area contributed by atoms with Gasteiger partial charge >= 0.3 is 0 Å². The molecule has 1 atom stereocenters. The number of nitrogens with two attached hydrogens (primary N) is 1. The Bertz CT molecular complexity index is 299. The summed E-state index contributed by atoms with van der Waals surface area (Å²) in [5.74, 6) is 0.857. The number of aryl methyl sites for hydroxylation is 2. The molecule has 3 heteroatoms. The third-order valence-corrected chi connectivity index (χ3v) is 2.07. The second kappa shape index (κ2) is 4.96. The Hall–Kier alpha value is -1.09. The maximum Gasteiger partial charge on any atom is 0.141 e. The number of nitrogens with zero attached hydrogens (tertiary/aromatic N) is 1. The number of ether oxygens (including phenoxy) is 1. The summed E-state index contributed by atoms with van der Waals surface area (Å²) in [6, 6.07) is 3.92. The van der Waals surface area contributed by atoms with Gasteiger partial charge in [0.15, 0.2) is 0 Å². The van der Waals surface area contributed by atoms with E-state index in [4.69, 9.17) is 10.5 Å². The van der Waals surface area contributed by atoms with Crippen molar-refractivity contribution in [1.29, 1.82) is 0 Å².